The predicted molar refractivity (Wildman–Crippen MR) is 79.5 cm³/mol. The minimum absolute atomic E-state index is 0.266. The fourth-order valence-electron chi connectivity index (χ4n) is 2.84. The van der Waals surface area contributed by atoms with E-state index in [9.17, 15) is 4.79 Å². The van der Waals surface area contributed by atoms with Gasteiger partial charge >= 0.3 is 0 Å². The van der Waals surface area contributed by atoms with Gasteiger partial charge in [0.1, 0.15) is 5.82 Å². The van der Waals surface area contributed by atoms with Crippen molar-refractivity contribution >= 4 is 5.91 Å². The van der Waals surface area contributed by atoms with Crippen LogP contribution in [0.4, 0.5) is 0 Å². The summed E-state index contributed by atoms with van der Waals surface area (Å²) in [5.41, 5.74) is 0. The molecule has 1 aliphatic heterocycles. The summed E-state index contributed by atoms with van der Waals surface area (Å²) >= 11 is 0. The van der Waals surface area contributed by atoms with E-state index in [1.807, 2.05) is 17.3 Å². The Balaban J connectivity index is 1.85. The van der Waals surface area contributed by atoms with Gasteiger partial charge in [-0.25, -0.2) is 4.98 Å². The number of aromatic nitrogens is 2. The van der Waals surface area contributed by atoms with E-state index >= 15 is 0 Å². The van der Waals surface area contributed by atoms with Crippen molar-refractivity contribution in [2.24, 2.45) is 0 Å². The van der Waals surface area contributed by atoms with E-state index in [0.29, 0.717) is 12.5 Å². The van der Waals surface area contributed by atoms with Crippen LogP contribution in [0.5, 0.6) is 0 Å². The van der Waals surface area contributed by atoms with E-state index in [2.05, 4.69) is 35.5 Å². The summed E-state index contributed by atoms with van der Waals surface area (Å²) in [6.07, 6.45) is 7.39. The molecule has 1 aliphatic rings. The van der Waals surface area contributed by atoms with Crippen molar-refractivity contribution in [2.45, 2.75) is 45.2 Å². The van der Waals surface area contributed by atoms with Crippen LogP contribution in [-0.2, 0) is 17.8 Å². The molecule has 0 saturated carbocycles. The maximum Gasteiger partial charge on any atom is 0.223 e. The summed E-state index contributed by atoms with van der Waals surface area (Å²) in [6.45, 7) is 4.79. The number of amides is 1. The van der Waals surface area contributed by atoms with Gasteiger partial charge in [0.05, 0.1) is 0 Å². The molecule has 0 N–H and O–H groups in total. The van der Waals surface area contributed by atoms with Gasteiger partial charge in [-0.15, -0.1) is 0 Å². The highest BCUT2D eigenvalue weighted by Crippen LogP contribution is 2.15. The lowest BCUT2D eigenvalue weighted by molar-refractivity contribution is -0.133. The van der Waals surface area contributed by atoms with Gasteiger partial charge in [-0.05, 0) is 33.9 Å². The van der Waals surface area contributed by atoms with Gasteiger partial charge in [0.25, 0.3) is 0 Å². The Morgan fingerprint density at radius 3 is 3.00 bits per heavy atom. The number of aryl methyl sites for hydroxylation is 2. The highest BCUT2D eigenvalue weighted by atomic mass is 16.2. The molecule has 1 saturated heterocycles. The molecule has 1 amide bonds. The van der Waals surface area contributed by atoms with Crippen molar-refractivity contribution in [2.75, 3.05) is 27.2 Å². The lowest BCUT2D eigenvalue weighted by Gasteiger charge is -2.36. The smallest absolute Gasteiger partial charge is 0.223 e. The largest absolute Gasteiger partial charge is 0.341 e. The first-order chi connectivity index (χ1) is 9.61. The SMILES string of the molecule is CCn1ccnc1CCC(=O)N1CCC[C@H](N(C)C)C1. The number of nitrogens with zero attached hydrogens (tertiary/aromatic N) is 4. The number of hydrogen-bond donors (Lipinski definition) is 0. The third-order valence-electron chi connectivity index (χ3n) is 4.18. The van der Waals surface area contributed by atoms with E-state index in [-0.39, 0.29) is 5.91 Å². The van der Waals surface area contributed by atoms with Crippen LogP contribution in [0.3, 0.4) is 0 Å². The number of likely N-dealkylation sites (N-methyl/N-ethyl adjacent to an activating group) is 1. The number of hydrogen-bond acceptors (Lipinski definition) is 3. The quantitative estimate of drug-likeness (QED) is 0.817. The monoisotopic (exact) mass is 278 g/mol. The second kappa shape index (κ2) is 6.88. The molecule has 0 unspecified atom stereocenters. The summed E-state index contributed by atoms with van der Waals surface area (Å²) in [7, 11) is 4.19. The van der Waals surface area contributed by atoms with Crippen molar-refractivity contribution < 1.29 is 4.79 Å². The molecular weight excluding hydrogens is 252 g/mol. The summed E-state index contributed by atoms with van der Waals surface area (Å²) in [6, 6.07) is 0.505. The first-order valence-electron chi connectivity index (χ1n) is 7.56. The fourth-order valence-corrected chi connectivity index (χ4v) is 2.84. The molecule has 1 fully saturated rings. The Kier molecular flexibility index (Phi) is 5.17. The first kappa shape index (κ1) is 15.0. The Bertz CT molecular complexity index is 441. The molecular formula is C15H26N4O. The lowest BCUT2D eigenvalue weighted by atomic mass is 10.0. The second-order valence-electron chi connectivity index (χ2n) is 5.73. The molecule has 0 aliphatic carbocycles. The molecule has 2 rings (SSSR count). The van der Waals surface area contributed by atoms with Crippen molar-refractivity contribution in [3.05, 3.63) is 18.2 Å². The number of rotatable bonds is 5. The molecule has 112 valence electrons. The molecule has 2 heterocycles. The fraction of sp³-hybridized carbons (Fsp3) is 0.733. The minimum atomic E-state index is 0.266. The van der Waals surface area contributed by atoms with Crippen LogP contribution >= 0.6 is 0 Å². The summed E-state index contributed by atoms with van der Waals surface area (Å²) in [5.74, 6) is 1.28. The number of imidazole rings is 1. The second-order valence-corrected chi connectivity index (χ2v) is 5.73. The topological polar surface area (TPSA) is 41.4 Å². The van der Waals surface area contributed by atoms with Crippen LogP contribution < -0.4 is 0 Å². The highest BCUT2D eigenvalue weighted by molar-refractivity contribution is 5.76. The van der Waals surface area contributed by atoms with Gasteiger partial charge in [0, 0.05) is 50.9 Å². The van der Waals surface area contributed by atoms with Crippen LogP contribution in [-0.4, -0.2) is 58.5 Å². The van der Waals surface area contributed by atoms with E-state index in [0.717, 1.165) is 38.3 Å². The third kappa shape index (κ3) is 3.60. The van der Waals surface area contributed by atoms with E-state index in [4.69, 9.17) is 0 Å². The summed E-state index contributed by atoms with van der Waals surface area (Å²) in [5, 5.41) is 0. The van der Waals surface area contributed by atoms with Crippen LogP contribution in [0.2, 0.25) is 0 Å². The highest BCUT2D eigenvalue weighted by Gasteiger charge is 2.24. The molecule has 0 spiro atoms. The zero-order chi connectivity index (χ0) is 14.5. The Morgan fingerprint density at radius 2 is 2.30 bits per heavy atom. The van der Waals surface area contributed by atoms with Crippen molar-refractivity contribution in [1.82, 2.24) is 19.4 Å². The van der Waals surface area contributed by atoms with Crippen LogP contribution in [0.25, 0.3) is 0 Å². The molecule has 1 atom stereocenters. The van der Waals surface area contributed by atoms with Crippen LogP contribution in [0.15, 0.2) is 12.4 Å². The number of likely N-dealkylation sites (tertiary alicyclic amines) is 1. The molecule has 0 aromatic carbocycles. The van der Waals surface area contributed by atoms with Gasteiger partial charge in [0.2, 0.25) is 5.91 Å². The van der Waals surface area contributed by atoms with Gasteiger partial charge in [0.15, 0.2) is 0 Å². The molecule has 5 heteroatoms. The van der Waals surface area contributed by atoms with E-state index in [1.54, 1.807) is 0 Å². The maximum absolute atomic E-state index is 12.3. The molecule has 1 aromatic heterocycles. The molecule has 0 bridgehead atoms. The summed E-state index contributed by atoms with van der Waals surface area (Å²) in [4.78, 5) is 20.9. The average molecular weight is 278 g/mol. The Hall–Kier alpha value is -1.36. The van der Waals surface area contributed by atoms with Crippen molar-refractivity contribution in [3.63, 3.8) is 0 Å². The average Bonchev–Trinajstić information content (AvgIpc) is 2.92. The predicted octanol–water partition coefficient (Wildman–Crippen LogP) is 1.39. The zero-order valence-corrected chi connectivity index (χ0v) is 12.9. The molecule has 5 nitrogen and oxygen atoms in total. The Morgan fingerprint density at radius 1 is 1.50 bits per heavy atom. The first-order valence-corrected chi connectivity index (χ1v) is 7.56. The van der Waals surface area contributed by atoms with Gasteiger partial charge < -0.3 is 14.4 Å². The zero-order valence-electron chi connectivity index (χ0n) is 12.9. The number of piperidine rings is 1. The van der Waals surface area contributed by atoms with Gasteiger partial charge in [-0.3, -0.25) is 4.79 Å². The normalized spacial score (nSPS) is 19.6. The van der Waals surface area contributed by atoms with E-state index < -0.39 is 0 Å². The summed E-state index contributed by atoms with van der Waals surface area (Å²) < 4.78 is 2.10. The van der Waals surface area contributed by atoms with Gasteiger partial charge in [-0.2, -0.15) is 0 Å². The molecule has 1 aromatic rings. The minimum Gasteiger partial charge on any atom is -0.341 e. The van der Waals surface area contributed by atoms with Crippen LogP contribution in [0, 0.1) is 0 Å². The Labute approximate surface area is 121 Å². The lowest BCUT2D eigenvalue weighted by Crippen LogP contribution is -2.47. The van der Waals surface area contributed by atoms with Crippen molar-refractivity contribution in [3.8, 4) is 0 Å². The maximum atomic E-state index is 12.3. The third-order valence-corrected chi connectivity index (χ3v) is 4.18. The number of carbonyl (C=O) groups is 1. The van der Waals surface area contributed by atoms with Crippen LogP contribution in [0.1, 0.15) is 32.0 Å². The number of carbonyl (C=O) groups excluding carboxylic acids is 1. The van der Waals surface area contributed by atoms with Crippen molar-refractivity contribution in [1.29, 1.82) is 0 Å². The molecule has 20 heavy (non-hydrogen) atoms. The van der Waals surface area contributed by atoms with E-state index in [1.165, 1.54) is 6.42 Å². The standard InChI is InChI=1S/C15H26N4O/c1-4-18-11-9-16-14(18)7-8-15(20)19-10-5-6-13(12-19)17(2)3/h9,11,13H,4-8,10,12H2,1-3H3/t13-/m0/s1. The van der Waals surface area contributed by atoms with Gasteiger partial charge in [-0.1, -0.05) is 0 Å². The molecule has 0 radical (unpaired) electrons.